The Kier molecular flexibility index (Phi) is 7.42. The molecular weight excluding hydrogens is 299 g/mol. The number of nitrogens with one attached hydrogen (secondary N) is 2. The molecule has 2 unspecified atom stereocenters. The van der Waals surface area contributed by atoms with E-state index in [1.165, 1.54) is 24.3 Å². The Balaban J connectivity index is 0.00000220. The molecule has 3 N–H and O–H groups in total. The van der Waals surface area contributed by atoms with Gasteiger partial charge in [-0.1, -0.05) is 0 Å². The van der Waals surface area contributed by atoms with E-state index in [0.717, 1.165) is 0 Å². The van der Waals surface area contributed by atoms with Crippen LogP contribution in [0.4, 0.5) is 4.39 Å². The van der Waals surface area contributed by atoms with E-state index in [1.807, 2.05) is 0 Å². The van der Waals surface area contributed by atoms with Gasteiger partial charge in [0, 0.05) is 25.6 Å². The van der Waals surface area contributed by atoms with Gasteiger partial charge in [-0.2, -0.15) is 0 Å². The normalized spacial score (nSPS) is 20.7. The SMILES string of the molecule is Cl.O=C(CCOc1ccc(F)cc1)NCC1CNCC1O. The van der Waals surface area contributed by atoms with Crippen LogP contribution in [0.25, 0.3) is 0 Å². The summed E-state index contributed by atoms with van der Waals surface area (Å²) in [7, 11) is 0. The first-order chi connectivity index (χ1) is 9.65. The Morgan fingerprint density at radius 3 is 2.71 bits per heavy atom. The fourth-order valence-electron chi connectivity index (χ4n) is 2.05. The molecular formula is C14H20ClFN2O3. The number of aliphatic hydroxyl groups excluding tert-OH is 1. The van der Waals surface area contributed by atoms with Crippen molar-refractivity contribution in [2.45, 2.75) is 12.5 Å². The molecule has 0 radical (unpaired) electrons. The number of carbonyl (C=O) groups excluding carboxylic acids is 1. The fraction of sp³-hybridized carbons (Fsp3) is 0.500. The second kappa shape index (κ2) is 8.81. The summed E-state index contributed by atoms with van der Waals surface area (Å²) in [5, 5.41) is 15.4. The molecule has 1 amide bonds. The summed E-state index contributed by atoms with van der Waals surface area (Å²) in [5.74, 6) is 0.164. The van der Waals surface area contributed by atoms with Gasteiger partial charge in [0.25, 0.3) is 0 Å². The van der Waals surface area contributed by atoms with Crippen molar-refractivity contribution in [2.75, 3.05) is 26.2 Å². The number of aliphatic hydroxyl groups is 1. The zero-order valence-corrected chi connectivity index (χ0v) is 12.4. The predicted octanol–water partition coefficient (Wildman–Crippen LogP) is 0.713. The third-order valence-electron chi connectivity index (χ3n) is 3.28. The molecule has 1 fully saturated rings. The van der Waals surface area contributed by atoms with Crippen LogP contribution in [0.1, 0.15) is 6.42 Å². The number of β-amino-alcohol motifs (C(OH)–C–C–N with tert-alkyl or cyclic N) is 1. The topological polar surface area (TPSA) is 70.6 Å². The Labute approximate surface area is 129 Å². The average molecular weight is 319 g/mol. The molecule has 0 aromatic heterocycles. The minimum absolute atomic E-state index is 0. The summed E-state index contributed by atoms with van der Waals surface area (Å²) in [6.45, 7) is 1.99. The molecule has 0 spiro atoms. The van der Waals surface area contributed by atoms with Gasteiger partial charge in [0.15, 0.2) is 0 Å². The van der Waals surface area contributed by atoms with Crippen molar-refractivity contribution in [3.63, 3.8) is 0 Å². The molecule has 1 heterocycles. The quantitative estimate of drug-likeness (QED) is 0.722. The van der Waals surface area contributed by atoms with Gasteiger partial charge in [0.2, 0.25) is 5.91 Å². The first kappa shape index (κ1) is 17.7. The van der Waals surface area contributed by atoms with E-state index in [9.17, 15) is 14.3 Å². The minimum atomic E-state index is -0.397. The van der Waals surface area contributed by atoms with Gasteiger partial charge in [-0.3, -0.25) is 4.79 Å². The molecule has 118 valence electrons. The summed E-state index contributed by atoms with van der Waals surface area (Å²) in [4.78, 5) is 11.6. The van der Waals surface area contributed by atoms with Gasteiger partial charge < -0.3 is 20.5 Å². The van der Waals surface area contributed by atoms with Crippen LogP contribution in [0, 0.1) is 11.7 Å². The Bertz CT molecular complexity index is 444. The molecule has 0 saturated carbocycles. The number of hydrogen-bond acceptors (Lipinski definition) is 4. The third kappa shape index (κ3) is 5.87. The summed E-state index contributed by atoms with van der Waals surface area (Å²) >= 11 is 0. The number of carbonyl (C=O) groups is 1. The molecule has 1 saturated heterocycles. The predicted molar refractivity (Wildman–Crippen MR) is 79.1 cm³/mol. The molecule has 5 nitrogen and oxygen atoms in total. The van der Waals surface area contributed by atoms with Crippen LogP contribution in [-0.4, -0.2) is 43.4 Å². The lowest BCUT2D eigenvalue weighted by molar-refractivity contribution is -0.121. The van der Waals surface area contributed by atoms with Crippen LogP contribution in [0.5, 0.6) is 5.75 Å². The molecule has 1 aliphatic rings. The van der Waals surface area contributed by atoms with Gasteiger partial charge in [-0.25, -0.2) is 4.39 Å². The number of halogens is 2. The average Bonchev–Trinajstić information content (AvgIpc) is 2.84. The Morgan fingerprint density at radius 1 is 1.38 bits per heavy atom. The van der Waals surface area contributed by atoms with Crippen LogP contribution in [-0.2, 0) is 4.79 Å². The number of hydrogen-bond donors (Lipinski definition) is 3. The van der Waals surface area contributed by atoms with Crippen LogP contribution in [0.3, 0.4) is 0 Å². The molecule has 1 aliphatic heterocycles. The van der Waals surface area contributed by atoms with E-state index in [1.54, 1.807) is 0 Å². The van der Waals surface area contributed by atoms with E-state index in [0.29, 0.717) is 25.4 Å². The molecule has 2 atom stereocenters. The molecule has 1 aromatic rings. The van der Waals surface area contributed by atoms with Gasteiger partial charge >= 0.3 is 0 Å². The van der Waals surface area contributed by atoms with Crippen molar-refractivity contribution >= 4 is 18.3 Å². The van der Waals surface area contributed by atoms with E-state index in [2.05, 4.69) is 10.6 Å². The zero-order valence-electron chi connectivity index (χ0n) is 11.5. The number of amides is 1. The first-order valence-electron chi connectivity index (χ1n) is 6.69. The second-order valence-electron chi connectivity index (χ2n) is 4.84. The van der Waals surface area contributed by atoms with Crippen molar-refractivity contribution in [1.29, 1.82) is 0 Å². The Morgan fingerprint density at radius 2 is 2.10 bits per heavy atom. The van der Waals surface area contributed by atoms with E-state index < -0.39 is 6.10 Å². The van der Waals surface area contributed by atoms with Crippen molar-refractivity contribution in [3.8, 4) is 5.75 Å². The standard InChI is InChI=1S/C14H19FN2O3.ClH/c15-11-1-3-12(4-2-11)20-6-5-14(19)17-8-10-7-16-9-13(10)18;/h1-4,10,13,16,18H,5-9H2,(H,17,19);1H. The monoisotopic (exact) mass is 318 g/mol. The Hall–Kier alpha value is -1.37. The smallest absolute Gasteiger partial charge is 0.223 e. The van der Waals surface area contributed by atoms with Crippen LogP contribution >= 0.6 is 12.4 Å². The van der Waals surface area contributed by atoms with E-state index >= 15 is 0 Å². The maximum absolute atomic E-state index is 12.7. The lowest BCUT2D eigenvalue weighted by Crippen LogP contribution is -2.34. The fourth-order valence-corrected chi connectivity index (χ4v) is 2.05. The largest absolute Gasteiger partial charge is 0.493 e. The van der Waals surface area contributed by atoms with Gasteiger partial charge in [0.05, 0.1) is 19.1 Å². The number of rotatable bonds is 6. The molecule has 21 heavy (non-hydrogen) atoms. The molecule has 0 bridgehead atoms. The lowest BCUT2D eigenvalue weighted by Gasteiger charge is -2.14. The highest BCUT2D eigenvalue weighted by molar-refractivity contribution is 5.85. The van der Waals surface area contributed by atoms with Crippen LogP contribution in [0.15, 0.2) is 24.3 Å². The van der Waals surface area contributed by atoms with Gasteiger partial charge in [-0.05, 0) is 24.3 Å². The number of ether oxygens (including phenoxy) is 1. The summed E-state index contributed by atoms with van der Waals surface area (Å²) in [6, 6.07) is 5.66. The highest BCUT2D eigenvalue weighted by atomic mass is 35.5. The highest BCUT2D eigenvalue weighted by Crippen LogP contribution is 2.11. The number of benzene rings is 1. The van der Waals surface area contributed by atoms with Crippen LogP contribution in [0.2, 0.25) is 0 Å². The third-order valence-corrected chi connectivity index (χ3v) is 3.28. The summed E-state index contributed by atoms with van der Waals surface area (Å²) in [6.07, 6.45) is -0.168. The second-order valence-corrected chi connectivity index (χ2v) is 4.84. The van der Waals surface area contributed by atoms with Gasteiger partial charge in [-0.15, -0.1) is 12.4 Å². The zero-order chi connectivity index (χ0) is 14.4. The molecule has 7 heteroatoms. The maximum Gasteiger partial charge on any atom is 0.223 e. The molecule has 2 rings (SSSR count). The summed E-state index contributed by atoms with van der Waals surface area (Å²) < 4.78 is 18.0. The molecule has 1 aromatic carbocycles. The van der Waals surface area contributed by atoms with Crippen molar-refractivity contribution in [3.05, 3.63) is 30.1 Å². The van der Waals surface area contributed by atoms with Crippen LogP contribution < -0.4 is 15.4 Å². The maximum atomic E-state index is 12.7. The molecule has 0 aliphatic carbocycles. The van der Waals surface area contributed by atoms with Crippen molar-refractivity contribution in [1.82, 2.24) is 10.6 Å². The highest BCUT2D eigenvalue weighted by Gasteiger charge is 2.24. The van der Waals surface area contributed by atoms with Gasteiger partial charge in [0.1, 0.15) is 11.6 Å². The first-order valence-corrected chi connectivity index (χ1v) is 6.69. The van der Waals surface area contributed by atoms with E-state index in [-0.39, 0.29) is 43.1 Å². The van der Waals surface area contributed by atoms with E-state index in [4.69, 9.17) is 4.74 Å². The lowest BCUT2D eigenvalue weighted by atomic mass is 10.1. The minimum Gasteiger partial charge on any atom is -0.493 e. The van der Waals surface area contributed by atoms with Crippen molar-refractivity contribution < 1.29 is 19.0 Å². The summed E-state index contributed by atoms with van der Waals surface area (Å²) in [5.41, 5.74) is 0. The van der Waals surface area contributed by atoms with Crippen molar-refractivity contribution in [2.24, 2.45) is 5.92 Å².